The van der Waals surface area contributed by atoms with Gasteiger partial charge in [0.05, 0.1) is 5.56 Å². The van der Waals surface area contributed by atoms with Crippen LogP contribution >= 0.6 is 11.6 Å². The summed E-state index contributed by atoms with van der Waals surface area (Å²) in [5.74, 6) is 0.293. The molecule has 2 rings (SSSR count). The van der Waals surface area contributed by atoms with Crippen LogP contribution in [0.25, 0.3) is 0 Å². The van der Waals surface area contributed by atoms with Crippen LogP contribution in [0.1, 0.15) is 5.56 Å². The largest absolute Gasteiger partial charge is 0.417 e. The van der Waals surface area contributed by atoms with E-state index < -0.39 is 11.7 Å². The van der Waals surface area contributed by atoms with Crippen LogP contribution in [0.2, 0.25) is 0 Å². The van der Waals surface area contributed by atoms with E-state index in [0.29, 0.717) is 32.0 Å². The van der Waals surface area contributed by atoms with Gasteiger partial charge in [0.25, 0.3) is 0 Å². The Morgan fingerprint density at radius 1 is 1.25 bits per heavy atom. The predicted molar refractivity (Wildman–Crippen MR) is 68.8 cm³/mol. The van der Waals surface area contributed by atoms with E-state index in [-0.39, 0.29) is 11.8 Å². The summed E-state index contributed by atoms with van der Waals surface area (Å²) in [6.45, 7) is 2.05. The molecule has 1 aliphatic rings. The lowest BCUT2D eigenvalue weighted by Gasteiger charge is -2.35. The molecule has 2 heterocycles. The smallest absolute Gasteiger partial charge is 0.353 e. The molecule has 0 saturated carbocycles. The van der Waals surface area contributed by atoms with Crippen molar-refractivity contribution in [2.75, 3.05) is 37.0 Å². The number of hydrogen-bond donors (Lipinski definition) is 0. The number of amides is 1. The van der Waals surface area contributed by atoms with Crippen LogP contribution in [0.3, 0.4) is 0 Å². The van der Waals surface area contributed by atoms with Crippen molar-refractivity contribution in [2.24, 2.45) is 0 Å². The number of anilines is 1. The number of nitrogens with zero attached hydrogens (tertiary/aromatic N) is 3. The normalized spacial score (nSPS) is 16.4. The summed E-state index contributed by atoms with van der Waals surface area (Å²) in [4.78, 5) is 18.7. The Morgan fingerprint density at radius 2 is 1.90 bits per heavy atom. The van der Waals surface area contributed by atoms with Gasteiger partial charge in [-0.3, -0.25) is 4.79 Å². The summed E-state index contributed by atoms with van der Waals surface area (Å²) in [6, 6.07) is 2.36. The number of rotatable bonds is 2. The molecule has 1 saturated heterocycles. The van der Waals surface area contributed by atoms with E-state index in [1.54, 1.807) is 4.90 Å². The quantitative estimate of drug-likeness (QED) is 0.784. The number of alkyl halides is 4. The third-order valence-corrected chi connectivity index (χ3v) is 3.37. The number of piperazine rings is 1. The predicted octanol–water partition coefficient (Wildman–Crippen LogP) is 1.99. The molecule has 0 spiro atoms. The van der Waals surface area contributed by atoms with Crippen molar-refractivity contribution in [1.29, 1.82) is 0 Å². The molecule has 8 heteroatoms. The molecule has 0 aliphatic carbocycles. The van der Waals surface area contributed by atoms with Gasteiger partial charge in [-0.1, -0.05) is 0 Å². The summed E-state index contributed by atoms with van der Waals surface area (Å²) >= 11 is 5.48. The maximum atomic E-state index is 12.4. The Morgan fingerprint density at radius 3 is 2.35 bits per heavy atom. The van der Waals surface area contributed by atoms with Crippen molar-refractivity contribution >= 4 is 23.3 Å². The third-order valence-electron chi connectivity index (χ3n) is 3.15. The SMILES string of the molecule is O=C(CCl)N1CCN(c2ccc(C(F)(F)F)cn2)CC1. The maximum absolute atomic E-state index is 12.4. The zero-order chi connectivity index (χ0) is 14.8. The average molecular weight is 308 g/mol. The number of hydrogen-bond acceptors (Lipinski definition) is 3. The Labute approximate surface area is 119 Å². The van der Waals surface area contributed by atoms with Crippen LogP contribution < -0.4 is 4.90 Å². The molecule has 1 amide bonds. The number of halogens is 4. The van der Waals surface area contributed by atoms with Gasteiger partial charge in [0.15, 0.2) is 0 Å². The lowest BCUT2D eigenvalue weighted by atomic mass is 10.2. The van der Waals surface area contributed by atoms with Gasteiger partial charge in [-0.25, -0.2) is 4.98 Å². The lowest BCUT2D eigenvalue weighted by Crippen LogP contribution is -2.49. The van der Waals surface area contributed by atoms with Gasteiger partial charge in [-0.15, -0.1) is 11.6 Å². The Balaban J connectivity index is 1.99. The highest BCUT2D eigenvalue weighted by atomic mass is 35.5. The highest BCUT2D eigenvalue weighted by Gasteiger charge is 2.31. The Bertz CT molecular complexity index is 470. The second-order valence-corrected chi connectivity index (χ2v) is 4.67. The second kappa shape index (κ2) is 5.87. The van der Waals surface area contributed by atoms with E-state index in [1.165, 1.54) is 6.07 Å². The maximum Gasteiger partial charge on any atom is 0.417 e. The fourth-order valence-electron chi connectivity index (χ4n) is 2.01. The molecule has 1 aliphatic heterocycles. The van der Waals surface area contributed by atoms with Crippen LogP contribution in [-0.2, 0) is 11.0 Å². The topological polar surface area (TPSA) is 36.4 Å². The van der Waals surface area contributed by atoms with E-state index in [9.17, 15) is 18.0 Å². The Hall–Kier alpha value is -1.50. The minimum absolute atomic E-state index is 0.0570. The lowest BCUT2D eigenvalue weighted by molar-refractivity contribution is -0.137. The van der Waals surface area contributed by atoms with E-state index in [4.69, 9.17) is 11.6 Å². The summed E-state index contributed by atoms with van der Waals surface area (Å²) < 4.78 is 37.3. The second-order valence-electron chi connectivity index (χ2n) is 4.40. The van der Waals surface area contributed by atoms with Gasteiger partial charge in [0.2, 0.25) is 5.91 Å². The molecular formula is C12H13ClF3N3O. The van der Waals surface area contributed by atoms with E-state index >= 15 is 0 Å². The summed E-state index contributed by atoms with van der Waals surface area (Å²) in [5, 5.41) is 0. The first kappa shape index (κ1) is 14.9. The number of carbonyl (C=O) groups is 1. The Kier molecular flexibility index (Phi) is 4.37. The first-order valence-electron chi connectivity index (χ1n) is 6.04. The van der Waals surface area contributed by atoms with Crippen molar-refractivity contribution in [1.82, 2.24) is 9.88 Å². The molecule has 0 N–H and O–H groups in total. The van der Waals surface area contributed by atoms with Crippen molar-refractivity contribution in [3.8, 4) is 0 Å². The van der Waals surface area contributed by atoms with Crippen molar-refractivity contribution in [3.63, 3.8) is 0 Å². The van der Waals surface area contributed by atoms with E-state index in [2.05, 4.69) is 4.98 Å². The van der Waals surface area contributed by atoms with Crippen molar-refractivity contribution in [2.45, 2.75) is 6.18 Å². The molecule has 1 aromatic heterocycles. The van der Waals surface area contributed by atoms with Gasteiger partial charge < -0.3 is 9.80 Å². The minimum atomic E-state index is -4.38. The summed E-state index contributed by atoms with van der Waals surface area (Å²) in [5.41, 5.74) is -0.766. The zero-order valence-corrected chi connectivity index (χ0v) is 11.3. The molecule has 0 bridgehead atoms. The van der Waals surface area contributed by atoms with E-state index in [0.717, 1.165) is 12.3 Å². The molecule has 0 aromatic carbocycles. The van der Waals surface area contributed by atoms with Crippen LogP contribution in [-0.4, -0.2) is 47.9 Å². The molecule has 0 unspecified atom stereocenters. The highest BCUT2D eigenvalue weighted by Crippen LogP contribution is 2.29. The zero-order valence-electron chi connectivity index (χ0n) is 10.5. The van der Waals surface area contributed by atoms with Crippen LogP contribution in [0.4, 0.5) is 19.0 Å². The van der Waals surface area contributed by atoms with Crippen LogP contribution in [0.5, 0.6) is 0 Å². The molecule has 0 radical (unpaired) electrons. The van der Waals surface area contributed by atoms with Crippen LogP contribution in [0, 0.1) is 0 Å². The van der Waals surface area contributed by atoms with Crippen molar-refractivity contribution < 1.29 is 18.0 Å². The summed E-state index contributed by atoms with van der Waals surface area (Å²) in [6.07, 6.45) is -3.55. The van der Waals surface area contributed by atoms with Gasteiger partial charge in [-0.05, 0) is 12.1 Å². The van der Waals surface area contributed by atoms with Gasteiger partial charge in [0.1, 0.15) is 11.7 Å². The fourth-order valence-corrected chi connectivity index (χ4v) is 2.18. The van der Waals surface area contributed by atoms with Crippen molar-refractivity contribution in [3.05, 3.63) is 23.9 Å². The monoisotopic (exact) mass is 307 g/mol. The van der Waals surface area contributed by atoms with E-state index in [1.807, 2.05) is 4.90 Å². The standard InChI is InChI=1S/C12H13ClF3N3O/c13-7-11(20)19-5-3-18(4-6-19)10-2-1-9(8-17-10)12(14,15)16/h1-2,8H,3-7H2. The molecule has 1 aromatic rings. The molecule has 1 fully saturated rings. The minimum Gasteiger partial charge on any atom is -0.353 e. The van der Waals surface area contributed by atoms with Gasteiger partial charge in [-0.2, -0.15) is 13.2 Å². The fraction of sp³-hybridized carbons (Fsp3) is 0.500. The highest BCUT2D eigenvalue weighted by molar-refractivity contribution is 6.27. The van der Waals surface area contributed by atoms with Gasteiger partial charge in [0, 0.05) is 32.4 Å². The number of pyridine rings is 1. The number of aromatic nitrogens is 1. The molecule has 4 nitrogen and oxygen atoms in total. The van der Waals surface area contributed by atoms with Crippen LogP contribution in [0.15, 0.2) is 18.3 Å². The third kappa shape index (κ3) is 3.33. The molecular weight excluding hydrogens is 295 g/mol. The molecule has 110 valence electrons. The number of carbonyl (C=O) groups excluding carboxylic acids is 1. The first-order valence-corrected chi connectivity index (χ1v) is 6.57. The first-order chi connectivity index (χ1) is 9.41. The molecule has 20 heavy (non-hydrogen) atoms. The molecule has 0 atom stereocenters. The van der Waals surface area contributed by atoms with Gasteiger partial charge >= 0.3 is 6.18 Å². The summed E-state index contributed by atoms with van der Waals surface area (Å²) in [7, 11) is 0. The average Bonchev–Trinajstić information content (AvgIpc) is 2.46.